The molecule has 4 heteroatoms. The summed E-state index contributed by atoms with van der Waals surface area (Å²) in [7, 11) is 0. The molecule has 0 fully saturated rings. The minimum absolute atomic E-state index is 0.00407. The topological polar surface area (TPSA) is 63.3 Å². The highest BCUT2D eigenvalue weighted by molar-refractivity contribution is 5.79. The predicted octanol–water partition coefficient (Wildman–Crippen LogP) is 1.39. The highest BCUT2D eigenvalue weighted by atomic mass is 19.1. The van der Waals surface area contributed by atoms with Crippen molar-refractivity contribution in [2.45, 2.75) is 19.4 Å². The van der Waals surface area contributed by atoms with Gasteiger partial charge in [-0.05, 0) is 25.5 Å². The first-order valence-corrected chi connectivity index (χ1v) is 4.14. The molecule has 3 nitrogen and oxygen atoms in total. The number of aryl methyl sites for hydroxylation is 1. The number of carboxylic acids is 1. The molecule has 0 aromatic heterocycles. The Balaban J connectivity index is 3.26. The fraction of sp³-hybridized carbons (Fsp3) is 0.300. The summed E-state index contributed by atoms with van der Waals surface area (Å²) in [6.45, 7) is 2.99. The molecule has 1 atom stereocenters. The average Bonchev–Trinajstić information content (AvgIpc) is 2.02. The van der Waals surface area contributed by atoms with Crippen molar-refractivity contribution in [1.29, 1.82) is 0 Å². The van der Waals surface area contributed by atoms with Crippen LogP contribution in [-0.2, 0) is 10.3 Å². The summed E-state index contributed by atoms with van der Waals surface area (Å²) in [5.74, 6) is -1.84. The molecule has 1 aromatic carbocycles. The Labute approximate surface area is 81.4 Å². The number of hydrogen-bond donors (Lipinski definition) is 2. The van der Waals surface area contributed by atoms with Crippen LogP contribution in [0.4, 0.5) is 4.39 Å². The van der Waals surface area contributed by atoms with E-state index in [0.29, 0.717) is 0 Å². The molecule has 0 heterocycles. The molecule has 0 amide bonds. The second-order valence-corrected chi connectivity index (χ2v) is 3.49. The van der Waals surface area contributed by atoms with Gasteiger partial charge in [-0.3, -0.25) is 0 Å². The van der Waals surface area contributed by atoms with E-state index in [4.69, 9.17) is 10.8 Å². The van der Waals surface area contributed by atoms with E-state index >= 15 is 0 Å². The molecule has 0 radical (unpaired) electrons. The maximum Gasteiger partial charge on any atom is 0.328 e. The summed E-state index contributed by atoms with van der Waals surface area (Å²) in [6.07, 6.45) is 0. The lowest BCUT2D eigenvalue weighted by Gasteiger charge is -2.20. The molecule has 3 N–H and O–H groups in total. The molecule has 76 valence electrons. The van der Waals surface area contributed by atoms with Crippen LogP contribution < -0.4 is 5.73 Å². The fourth-order valence-corrected chi connectivity index (χ4v) is 1.16. The molecule has 0 saturated heterocycles. The molecule has 0 aliphatic rings. The van der Waals surface area contributed by atoms with Gasteiger partial charge in [-0.2, -0.15) is 0 Å². The second-order valence-electron chi connectivity index (χ2n) is 3.49. The third-order valence-electron chi connectivity index (χ3n) is 2.13. The molecule has 1 rings (SSSR count). The third kappa shape index (κ3) is 1.75. The van der Waals surface area contributed by atoms with Gasteiger partial charge in [0.2, 0.25) is 0 Å². The lowest BCUT2D eigenvalue weighted by Crippen LogP contribution is -2.42. The number of halogens is 1. The van der Waals surface area contributed by atoms with E-state index in [1.165, 1.54) is 19.1 Å². The van der Waals surface area contributed by atoms with Crippen LogP contribution in [0.5, 0.6) is 0 Å². The largest absolute Gasteiger partial charge is 0.480 e. The number of carbonyl (C=O) groups is 1. The van der Waals surface area contributed by atoms with Crippen LogP contribution in [0.3, 0.4) is 0 Å². The van der Waals surface area contributed by atoms with Crippen LogP contribution in [0.1, 0.15) is 18.1 Å². The van der Waals surface area contributed by atoms with Gasteiger partial charge in [0.15, 0.2) is 0 Å². The molecule has 0 unspecified atom stereocenters. The van der Waals surface area contributed by atoms with Crippen LogP contribution in [0, 0.1) is 12.7 Å². The van der Waals surface area contributed by atoms with Gasteiger partial charge in [-0.1, -0.05) is 12.1 Å². The van der Waals surface area contributed by atoms with Crippen molar-refractivity contribution in [3.63, 3.8) is 0 Å². The highest BCUT2D eigenvalue weighted by Crippen LogP contribution is 2.22. The standard InChI is InChI=1S/C10H12FNO2/c1-6-3-4-7(8(11)5-6)10(2,12)9(13)14/h3-5H,12H2,1-2H3,(H,13,14)/t10-/m1/s1. The molecule has 0 aliphatic heterocycles. The van der Waals surface area contributed by atoms with Gasteiger partial charge in [-0.15, -0.1) is 0 Å². The summed E-state index contributed by atoms with van der Waals surface area (Å²) < 4.78 is 13.4. The first-order chi connectivity index (χ1) is 6.35. The van der Waals surface area contributed by atoms with Gasteiger partial charge in [0.05, 0.1) is 0 Å². The Morgan fingerprint density at radius 3 is 2.57 bits per heavy atom. The minimum Gasteiger partial charge on any atom is -0.480 e. The Kier molecular flexibility index (Phi) is 2.57. The molecule has 0 spiro atoms. The van der Waals surface area contributed by atoms with E-state index in [0.717, 1.165) is 5.56 Å². The average molecular weight is 197 g/mol. The van der Waals surface area contributed by atoms with Crippen LogP contribution in [0.25, 0.3) is 0 Å². The van der Waals surface area contributed by atoms with Gasteiger partial charge in [0.1, 0.15) is 11.4 Å². The Bertz CT molecular complexity index is 374. The Morgan fingerprint density at radius 2 is 2.14 bits per heavy atom. The molecular weight excluding hydrogens is 185 g/mol. The highest BCUT2D eigenvalue weighted by Gasteiger charge is 2.32. The monoisotopic (exact) mass is 197 g/mol. The number of nitrogens with two attached hydrogens (primary N) is 1. The van der Waals surface area contributed by atoms with E-state index in [-0.39, 0.29) is 5.56 Å². The summed E-state index contributed by atoms with van der Waals surface area (Å²) in [5, 5.41) is 8.80. The maximum absolute atomic E-state index is 13.4. The minimum atomic E-state index is -1.68. The van der Waals surface area contributed by atoms with Crippen LogP contribution in [0.2, 0.25) is 0 Å². The Hall–Kier alpha value is -1.42. The van der Waals surface area contributed by atoms with Crippen LogP contribution in [0.15, 0.2) is 18.2 Å². The van der Waals surface area contributed by atoms with Gasteiger partial charge >= 0.3 is 5.97 Å². The van der Waals surface area contributed by atoms with Crippen molar-refractivity contribution in [3.8, 4) is 0 Å². The van der Waals surface area contributed by atoms with E-state index in [1.54, 1.807) is 13.0 Å². The zero-order valence-electron chi connectivity index (χ0n) is 8.04. The quantitative estimate of drug-likeness (QED) is 0.753. The van der Waals surface area contributed by atoms with E-state index in [9.17, 15) is 9.18 Å². The number of hydrogen-bond acceptors (Lipinski definition) is 2. The number of benzene rings is 1. The first-order valence-electron chi connectivity index (χ1n) is 4.14. The molecule has 0 saturated carbocycles. The SMILES string of the molecule is Cc1ccc([C@@](C)(N)C(=O)O)c(F)c1. The molecular formula is C10H12FNO2. The van der Waals surface area contributed by atoms with Gasteiger partial charge in [-0.25, -0.2) is 9.18 Å². The lowest BCUT2D eigenvalue weighted by atomic mass is 9.92. The Morgan fingerprint density at radius 1 is 1.57 bits per heavy atom. The van der Waals surface area contributed by atoms with Gasteiger partial charge in [0, 0.05) is 5.56 Å². The molecule has 1 aromatic rings. The number of rotatable bonds is 2. The van der Waals surface area contributed by atoms with Crippen molar-refractivity contribution in [1.82, 2.24) is 0 Å². The lowest BCUT2D eigenvalue weighted by molar-refractivity contribution is -0.143. The normalized spacial score (nSPS) is 14.9. The molecule has 14 heavy (non-hydrogen) atoms. The fourth-order valence-electron chi connectivity index (χ4n) is 1.16. The summed E-state index contributed by atoms with van der Waals surface area (Å²) >= 11 is 0. The summed E-state index contributed by atoms with van der Waals surface area (Å²) in [4.78, 5) is 10.8. The van der Waals surface area contributed by atoms with Crippen LogP contribution >= 0.6 is 0 Å². The van der Waals surface area contributed by atoms with Crippen molar-refractivity contribution in [3.05, 3.63) is 35.1 Å². The smallest absolute Gasteiger partial charge is 0.328 e. The van der Waals surface area contributed by atoms with Crippen molar-refractivity contribution in [2.75, 3.05) is 0 Å². The van der Waals surface area contributed by atoms with E-state index < -0.39 is 17.3 Å². The molecule has 0 bridgehead atoms. The summed E-state index contributed by atoms with van der Waals surface area (Å²) in [5.41, 5.74) is 4.53. The van der Waals surface area contributed by atoms with Crippen molar-refractivity contribution in [2.24, 2.45) is 5.73 Å². The maximum atomic E-state index is 13.4. The zero-order chi connectivity index (χ0) is 10.9. The number of carboxylic acid groups (broad SMARTS) is 1. The van der Waals surface area contributed by atoms with E-state index in [2.05, 4.69) is 0 Å². The van der Waals surface area contributed by atoms with Crippen molar-refractivity contribution >= 4 is 5.97 Å². The van der Waals surface area contributed by atoms with Gasteiger partial charge < -0.3 is 10.8 Å². The first kappa shape index (κ1) is 10.7. The molecule has 0 aliphatic carbocycles. The van der Waals surface area contributed by atoms with Crippen molar-refractivity contribution < 1.29 is 14.3 Å². The van der Waals surface area contributed by atoms with E-state index in [1.807, 2.05) is 0 Å². The van der Waals surface area contributed by atoms with Gasteiger partial charge in [0.25, 0.3) is 0 Å². The van der Waals surface area contributed by atoms with Crippen LogP contribution in [-0.4, -0.2) is 11.1 Å². The third-order valence-corrected chi connectivity index (χ3v) is 2.13. The second kappa shape index (κ2) is 3.38. The zero-order valence-corrected chi connectivity index (χ0v) is 8.04. The predicted molar refractivity (Wildman–Crippen MR) is 50.3 cm³/mol. The number of aliphatic carboxylic acids is 1. The summed E-state index contributed by atoms with van der Waals surface area (Å²) in [6, 6.07) is 4.30.